The predicted molar refractivity (Wildman–Crippen MR) is 136 cm³/mol. The number of ether oxygens (including phenoxy) is 2. The molecule has 0 aliphatic carbocycles. The zero-order chi connectivity index (χ0) is 26.4. The van der Waals surface area contributed by atoms with Gasteiger partial charge in [0, 0.05) is 55.1 Å². The van der Waals surface area contributed by atoms with Crippen LogP contribution in [-0.2, 0) is 9.47 Å². The van der Waals surface area contributed by atoms with Crippen LogP contribution < -0.4 is 28.4 Å². The first-order chi connectivity index (χ1) is 17.7. The highest BCUT2D eigenvalue weighted by atomic mass is 35.7. The number of hydrogen-bond donors (Lipinski definition) is 0. The lowest BCUT2D eigenvalue weighted by atomic mass is 10.0. The molecule has 2 saturated heterocycles. The minimum Gasteiger partial charge on any atom is -0.378 e. The maximum absolute atomic E-state index is 8.49. The molecule has 0 spiro atoms. The second-order valence-electron chi connectivity index (χ2n) is 8.54. The molecule has 10 nitrogen and oxygen atoms in total. The molecule has 13 heteroatoms. The summed E-state index contributed by atoms with van der Waals surface area (Å²) in [5.74, 6) is 0. The highest BCUT2D eigenvalue weighted by Crippen LogP contribution is 2.40. The van der Waals surface area contributed by atoms with Crippen molar-refractivity contribution >= 4 is 50.7 Å². The molecule has 0 bridgehead atoms. The summed E-state index contributed by atoms with van der Waals surface area (Å²) in [6.07, 6.45) is 2.04. The van der Waals surface area contributed by atoms with Crippen molar-refractivity contribution in [1.29, 1.82) is 0 Å². The molecular weight excluding hydrogens is 540 g/mol. The van der Waals surface area contributed by atoms with E-state index < -0.39 is 10.2 Å². The topological polar surface area (TPSA) is 133 Å². The van der Waals surface area contributed by atoms with E-state index in [2.05, 4.69) is 64.9 Å². The average Bonchev–Trinajstić information content (AvgIpc) is 3.56. The van der Waals surface area contributed by atoms with Crippen molar-refractivity contribution in [2.24, 2.45) is 4.99 Å². The lowest BCUT2D eigenvalue weighted by Crippen LogP contribution is -2.68. The minimum atomic E-state index is -4.94. The van der Waals surface area contributed by atoms with Gasteiger partial charge >= 0.3 is 5.17 Å². The molecule has 0 saturated carbocycles. The normalized spacial score (nSPS) is 19.6. The number of thiophene rings is 1. The minimum absolute atomic E-state index is 0.769. The monoisotopic (exact) mass is 568 g/mol. The van der Waals surface area contributed by atoms with E-state index in [1.54, 1.807) is 11.8 Å². The molecule has 2 aromatic rings. The average molecular weight is 569 g/mol. The molecule has 3 aliphatic rings. The number of thioether (sulfide) groups is 1. The summed E-state index contributed by atoms with van der Waals surface area (Å²) in [5.41, 5.74) is 3.69. The van der Waals surface area contributed by atoms with Crippen molar-refractivity contribution in [3.8, 4) is 0 Å². The molecule has 1 aromatic heterocycles. The maximum atomic E-state index is 8.49. The Labute approximate surface area is 226 Å². The van der Waals surface area contributed by atoms with Gasteiger partial charge in [-0.25, -0.2) is 23.2 Å². The summed E-state index contributed by atoms with van der Waals surface area (Å²) in [4.78, 5) is 11.8. The largest absolute Gasteiger partial charge is 0.378 e. The number of halogens is 1. The number of allylic oxidation sites excluding steroid dienone is 1. The van der Waals surface area contributed by atoms with Crippen LogP contribution in [-0.4, -0.2) is 82.7 Å². The third kappa shape index (κ3) is 7.99. The molecule has 37 heavy (non-hydrogen) atoms. The van der Waals surface area contributed by atoms with Crippen LogP contribution in [0.15, 0.2) is 46.3 Å². The zero-order valence-electron chi connectivity index (χ0n) is 20.6. The Morgan fingerprint density at radius 1 is 0.946 bits per heavy atom. The van der Waals surface area contributed by atoms with Gasteiger partial charge in [-0.3, -0.25) is 0 Å². The molecule has 0 amide bonds. The Morgan fingerprint density at radius 3 is 2.19 bits per heavy atom. The Hall–Kier alpha value is -2.00. The predicted octanol–water partition coefficient (Wildman–Crippen LogP) is -1.13. The third-order valence-corrected chi connectivity index (χ3v) is 8.09. The van der Waals surface area contributed by atoms with Crippen LogP contribution in [0.4, 0.5) is 10.7 Å². The van der Waals surface area contributed by atoms with E-state index in [1.165, 1.54) is 31.6 Å². The van der Waals surface area contributed by atoms with E-state index in [-0.39, 0.29) is 0 Å². The van der Waals surface area contributed by atoms with Gasteiger partial charge < -0.3 is 19.3 Å². The number of hydrogen-bond acceptors (Lipinski definition) is 10. The summed E-state index contributed by atoms with van der Waals surface area (Å²) >= 11 is 3.64. The van der Waals surface area contributed by atoms with Crippen molar-refractivity contribution in [3.05, 3.63) is 51.7 Å². The molecule has 0 unspecified atom stereocenters. The van der Waals surface area contributed by atoms with Crippen molar-refractivity contribution < 1.29 is 42.9 Å². The van der Waals surface area contributed by atoms with Crippen LogP contribution >= 0.6 is 23.1 Å². The fourth-order valence-electron chi connectivity index (χ4n) is 4.03. The molecule has 1 aromatic carbocycles. The first-order valence-electron chi connectivity index (χ1n) is 11.7. The van der Waals surface area contributed by atoms with Gasteiger partial charge in [0.2, 0.25) is 0 Å². The number of anilines is 2. The van der Waals surface area contributed by atoms with Gasteiger partial charge in [0.15, 0.2) is 6.21 Å². The lowest BCUT2D eigenvalue weighted by Gasteiger charge is -2.27. The Bertz CT molecular complexity index is 1140. The van der Waals surface area contributed by atoms with Gasteiger partial charge in [-0.2, -0.15) is 0 Å². The van der Waals surface area contributed by atoms with Crippen LogP contribution in [0.3, 0.4) is 0 Å². The van der Waals surface area contributed by atoms with Gasteiger partial charge in [-0.05, 0) is 34.8 Å². The number of benzene rings is 1. The molecule has 0 atom stereocenters. The van der Waals surface area contributed by atoms with Crippen LogP contribution in [0.25, 0.3) is 5.57 Å². The van der Waals surface area contributed by atoms with Gasteiger partial charge in [0.05, 0.1) is 36.3 Å². The number of morpholine rings is 2. The van der Waals surface area contributed by atoms with Crippen LogP contribution in [0.1, 0.15) is 10.4 Å². The van der Waals surface area contributed by atoms with Crippen molar-refractivity contribution in [2.45, 2.75) is 0 Å². The Morgan fingerprint density at radius 2 is 1.57 bits per heavy atom. The number of nitrogens with zero attached hydrogens (tertiary/aromatic N) is 4. The highest BCUT2D eigenvalue weighted by Gasteiger charge is 2.28. The number of aliphatic imine (C=N–C) groups is 1. The number of rotatable bonds is 4. The second kappa shape index (κ2) is 12.7. The summed E-state index contributed by atoms with van der Waals surface area (Å²) < 4.78 is 47.4. The van der Waals surface area contributed by atoms with E-state index in [9.17, 15) is 0 Å². The molecule has 5 rings (SSSR count). The van der Waals surface area contributed by atoms with E-state index in [1.807, 2.05) is 17.6 Å². The van der Waals surface area contributed by atoms with Crippen LogP contribution in [0, 0.1) is 10.2 Å². The van der Waals surface area contributed by atoms with Crippen LogP contribution in [0.5, 0.6) is 0 Å². The van der Waals surface area contributed by atoms with Gasteiger partial charge in [-0.1, -0.05) is 12.1 Å². The Balaban J connectivity index is 0.000000586. The molecule has 4 heterocycles. The summed E-state index contributed by atoms with van der Waals surface area (Å²) in [6.45, 7) is 6.85. The first-order valence-corrected chi connectivity index (χ1v) is 14.5. The third-order valence-electron chi connectivity index (χ3n) is 5.85. The van der Waals surface area contributed by atoms with Crippen molar-refractivity contribution in [1.82, 2.24) is 0 Å². The fraction of sp³-hybridized carbons (Fsp3) is 0.417. The molecule has 200 valence electrons. The van der Waals surface area contributed by atoms with Crippen LogP contribution in [0.2, 0.25) is 0 Å². The highest BCUT2D eigenvalue weighted by molar-refractivity contribution is 8.18. The number of amidine groups is 1. The standard InChI is InChI=1S/C24H29N4O2S2.ClHO4/c1-26(2)19-5-3-18(4-6-19)23(20-7-8-22(31-20)27-9-13-29-14-10-27)21-17-25-24(32-21)28-11-15-30-16-12-28;2-1(3,4)5/h3-8,17H,9-16H2,1-2H3;(H,2,3,4,5)/q+1;/p-1. The Kier molecular flexibility index (Phi) is 9.62. The molecule has 2 fully saturated rings. The van der Waals surface area contributed by atoms with Gasteiger partial charge in [0.25, 0.3) is 0 Å². The molecular formula is C24H29ClN4O6S2. The summed E-state index contributed by atoms with van der Waals surface area (Å²) in [7, 11) is -0.795. The van der Waals surface area contributed by atoms with E-state index in [0.29, 0.717) is 0 Å². The summed E-state index contributed by atoms with van der Waals surface area (Å²) in [5, 5.41) is 2.39. The summed E-state index contributed by atoms with van der Waals surface area (Å²) in [6, 6.07) is 13.4. The maximum Gasteiger partial charge on any atom is 0.359 e. The molecule has 0 N–H and O–H groups in total. The smallest absolute Gasteiger partial charge is 0.359 e. The van der Waals surface area contributed by atoms with Gasteiger partial charge in [0.1, 0.15) is 13.1 Å². The van der Waals surface area contributed by atoms with E-state index in [4.69, 9.17) is 33.1 Å². The van der Waals surface area contributed by atoms with Crippen molar-refractivity contribution in [2.75, 3.05) is 76.5 Å². The zero-order valence-corrected chi connectivity index (χ0v) is 23.0. The fourth-order valence-corrected chi connectivity index (χ4v) is 6.28. The SMILES string of the molecule is CN(C)c1ccc(C(=C2C=NC(=[N+]3CCOCC3)S2)c2ccc(N3CCOCC3)s2)cc1.[O-][Cl+3]([O-])([O-])[O-]. The van der Waals surface area contributed by atoms with E-state index >= 15 is 0 Å². The first kappa shape index (κ1) is 28.0. The van der Waals surface area contributed by atoms with Crippen molar-refractivity contribution in [3.63, 3.8) is 0 Å². The van der Waals surface area contributed by atoms with E-state index in [0.717, 1.165) is 57.8 Å². The second-order valence-corrected chi connectivity index (χ2v) is 11.4. The quantitative estimate of drug-likeness (QED) is 0.420. The van der Waals surface area contributed by atoms with Gasteiger partial charge in [-0.15, -0.1) is 21.6 Å². The molecule has 0 radical (unpaired) electrons. The molecule has 3 aliphatic heterocycles. The lowest BCUT2D eigenvalue weighted by molar-refractivity contribution is -2.00.